The van der Waals surface area contributed by atoms with Crippen LogP contribution in [0, 0.1) is 0 Å². The number of hydrogen-bond donors (Lipinski definition) is 2. The molecular formula is C21H21N3O4S2. The number of hydrogen-bond acceptors (Lipinski definition) is 6. The normalized spacial score (nSPS) is 13.8. The van der Waals surface area contributed by atoms with E-state index >= 15 is 0 Å². The molecule has 0 saturated heterocycles. The quantitative estimate of drug-likeness (QED) is 0.550. The second-order valence-electron chi connectivity index (χ2n) is 6.87. The SMILES string of the molecule is CCOc1ccc(-c2nc(C(=O)Nc3cccc(S(=O)(=O)NC4CC4)c3)cs2)cc1. The van der Waals surface area contributed by atoms with Gasteiger partial charge < -0.3 is 10.1 Å². The van der Waals surface area contributed by atoms with Gasteiger partial charge in [0.1, 0.15) is 16.5 Å². The highest BCUT2D eigenvalue weighted by atomic mass is 32.2. The largest absolute Gasteiger partial charge is 0.494 e. The van der Waals surface area contributed by atoms with Gasteiger partial charge in [0.25, 0.3) is 5.91 Å². The van der Waals surface area contributed by atoms with Crippen molar-refractivity contribution in [2.75, 3.05) is 11.9 Å². The first-order valence-corrected chi connectivity index (χ1v) is 11.9. The van der Waals surface area contributed by atoms with Gasteiger partial charge >= 0.3 is 0 Å². The van der Waals surface area contributed by atoms with E-state index in [1.54, 1.807) is 17.5 Å². The first kappa shape index (κ1) is 20.5. The van der Waals surface area contributed by atoms with Crippen LogP contribution in [0.15, 0.2) is 58.8 Å². The fourth-order valence-electron chi connectivity index (χ4n) is 2.80. The average Bonchev–Trinajstić information content (AvgIpc) is 3.39. The van der Waals surface area contributed by atoms with Crippen molar-refractivity contribution >= 4 is 33.0 Å². The molecule has 2 N–H and O–H groups in total. The van der Waals surface area contributed by atoms with Crippen LogP contribution in [-0.4, -0.2) is 32.0 Å². The van der Waals surface area contributed by atoms with E-state index in [2.05, 4.69) is 15.0 Å². The number of sulfonamides is 1. The Morgan fingerprint density at radius 2 is 1.97 bits per heavy atom. The summed E-state index contributed by atoms with van der Waals surface area (Å²) in [5, 5.41) is 5.12. The number of anilines is 1. The molecule has 0 atom stereocenters. The van der Waals surface area contributed by atoms with E-state index in [4.69, 9.17) is 4.74 Å². The lowest BCUT2D eigenvalue weighted by atomic mass is 10.2. The van der Waals surface area contributed by atoms with Crippen molar-refractivity contribution in [1.82, 2.24) is 9.71 Å². The molecule has 1 aromatic heterocycles. The molecule has 1 aliphatic rings. The number of aromatic nitrogens is 1. The maximum Gasteiger partial charge on any atom is 0.275 e. The molecule has 0 bridgehead atoms. The van der Waals surface area contributed by atoms with E-state index in [-0.39, 0.29) is 16.6 Å². The molecule has 0 unspecified atom stereocenters. The van der Waals surface area contributed by atoms with Crippen LogP contribution < -0.4 is 14.8 Å². The van der Waals surface area contributed by atoms with Gasteiger partial charge in [-0.1, -0.05) is 6.07 Å². The number of ether oxygens (including phenoxy) is 1. The van der Waals surface area contributed by atoms with E-state index in [1.165, 1.54) is 23.5 Å². The summed E-state index contributed by atoms with van der Waals surface area (Å²) in [4.78, 5) is 17.1. The zero-order valence-corrected chi connectivity index (χ0v) is 17.9. The van der Waals surface area contributed by atoms with Crippen molar-refractivity contribution in [3.8, 4) is 16.3 Å². The van der Waals surface area contributed by atoms with E-state index in [9.17, 15) is 13.2 Å². The monoisotopic (exact) mass is 443 g/mol. The molecule has 0 radical (unpaired) electrons. The molecule has 4 rings (SSSR count). The minimum Gasteiger partial charge on any atom is -0.494 e. The van der Waals surface area contributed by atoms with Crippen molar-refractivity contribution in [2.24, 2.45) is 0 Å². The molecule has 7 nitrogen and oxygen atoms in total. The van der Waals surface area contributed by atoms with Crippen LogP contribution in [0.5, 0.6) is 5.75 Å². The van der Waals surface area contributed by atoms with Crippen molar-refractivity contribution in [3.05, 3.63) is 59.6 Å². The zero-order valence-electron chi connectivity index (χ0n) is 16.3. The Balaban J connectivity index is 1.46. The maximum atomic E-state index is 12.6. The third-order valence-electron chi connectivity index (χ3n) is 4.45. The van der Waals surface area contributed by atoms with Gasteiger partial charge in [-0.25, -0.2) is 18.1 Å². The first-order valence-electron chi connectivity index (χ1n) is 9.57. The van der Waals surface area contributed by atoms with Crippen molar-refractivity contribution in [2.45, 2.75) is 30.7 Å². The topological polar surface area (TPSA) is 97.4 Å². The highest BCUT2D eigenvalue weighted by Crippen LogP contribution is 2.27. The molecule has 2 aromatic carbocycles. The lowest BCUT2D eigenvalue weighted by Crippen LogP contribution is -2.25. The van der Waals surface area contributed by atoms with Crippen LogP contribution in [0.25, 0.3) is 10.6 Å². The summed E-state index contributed by atoms with van der Waals surface area (Å²) in [6.07, 6.45) is 1.71. The molecule has 9 heteroatoms. The molecular weight excluding hydrogens is 422 g/mol. The summed E-state index contributed by atoms with van der Waals surface area (Å²) in [6, 6.07) is 13.7. The van der Waals surface area contributed by atoms with Gasteiger partial charge in [-0.3, -0.25) is 4.79 Å². The van der Waals surface area contributed by atoms with Crippen LogP contribution in [0.3, 0.4) is 0 Å². The Labute approximate surface area is 179 Å². The molecule has 0 spiro atoms. The standard InChI is InChI=1S/C21H21N3O4S2/c1-2-28-17-10-6-14(7-11-17)21-23-19(13-29-21)20(25)22-16-4-3-5-18(12-16)30(26,27)24-15-8-9-15/h3-7,10-13,15,24H,2,8-9H2,1H3,(H,22,25). The Kier molecular flexibility index (Phi) is 5.85. The first-order chi connectivity index (χ1) is 14.4. The van der Waals surface area contributed by atoms with E-state index < -0.39 is 15.9 Å². The Morgan fingerprint density at radius 1 is 1.20 bits per heavy atom. The van der Waals surface area contributed by atoms with Crippen LogP contribution in [-0.2, 0) is 10.0 Å². The summed E-state index contributed by atoms with van der Waals surface area (Å²) in [7, 11) is -3.58. The highest BCUT2D eigenvalue weighted by molar-refractivity contribution is 7.89. The number of carbonyl (C=O) groups is 1. The van der Waals surface area contributed by atoms with E-state index in [1.807, 2.05) is 31.2 Å². The number of nitrogens with one attached hydrogen (secondary N) is 2. The van der Waals surface area contributed by atoms with Gasteiger partial charge in [-0.05, 0) is 62.2 Å². The number of amides is 1. The van der Waals surface area contributed by atoms with Gasteiger partial charge in [0.2, 0.25) is 10.0 Å². The molecule has 1 heterocycles. The smallest absolute Gasteiger partial charge is 0.275 e. The second-order valence-corrected chi connectivity index (χ2v) is 9.44. The maximum absolute atomic E-state index is 12.6. The minimum atomic E-state index is -3.58. The van der Waals surface area contributed by atoms with Crippen molar-refractivity contribution in [1.29, 1.82) is 0 Å². The number of carbonyl (C=O) groups excluding carboxylic acids is 1. The number of rotatable bonds is 8. The fraction of sp³-hybridized carbons (Fsp3) is 0.238. The molecule has 156 valence electrons. The molecule has 3 aromatic rings. The zero-order chi connectivity index (χ0) is 21.1. The lowest BCUT2D eigenvalue weighted by Gasteiger charge is -2.08. The number of thiazole rings is 1. The highest BCUT2D eigenvalue weighted by Gasteiger charge is 2.28. The molecule has 1 fully saturated rings. The number of benzene rings is 2. The summed E-state index contributed by atoms with van der Waals surface area (Å²) in [6.45, 7) is 2.52. The van der Waals surface area contributed by atoms with Gasteiger partial charge in [-0.2, -0.15) is 0 Å². The van der Waals surface area contributed by atoms with Gasteiger partial charge in [-0.15, -0.1) is 11.3 Å². The van der Waals surface area contributed by atoms with Crippen molar-refractivity contribution in [3.63, 3.8) is 0 Å². The molecule has 1 aliphatic carbocycles. The lowest BCUT2D eigenvalue weighted by molar-refractivity contribution is 0.102. The van der Waals surface area contributed by atoms with E-state index in [0.717, 1.165) is 24.2 Å². The fourth-order valence-corrected chi connectivity index (χ4v) is 4.95. The van der Waals surface area contributed by atoms with Crippen LogP contribution >= 0.6 is 11.3 Å². The van der Waals surface area contributed by atoms with Gasteiger partial charge in [0.05, 0.1) is 11.5 Å². The number of nitrogens with zero attached hydrogens (tertiary/aromatic N) is 1. The van der Waals surface area contributed by atoms with Crippen molar-refractivity contribution < 1.29 is 17.9 Å². The minimum absolute atomic E-state index is 0.0178. The molecule has 0 aliphatic heterocycles. The summed E-state index contributed by atoms with van der Waals surface area (Å²) >= 11 is 1.36. The van der Waals surface area contributed by atoms with Gasteiger partial charge in [0, 0.05) is 22.7 Å². The third-order valence-corrected chi connectivity index (χ3v) is 6.86. The third kappa shape index (κ3) is 4.86. The Hall–Kier alpha value is -2.75. The predicted molar refractivity (Wildman–Crippen MR) is 116 cm³/mol. The van der Waals surface area contributed by atoms with Crippen LogP contribution in [0.2, 0.25) is 0 Å². The van der Waals surface area contributed by atoms with Crippen LogP contribution in [0.1, 0.15) is 30.3 Å². The molecule has 1 amide bonds. The van der Waals surface area contributed by atoms with Crippen LogP contribution in [0.4, 0.5) is 5.69 Å². The summed E-state index contributed by atoms with van der Waals surface area (Å²) < 4.78 is 32.8. The molecule has 30 heavy (non-hydrogen) atoms. The molecule has 1 saturated carbocycles. The Morgan fingerprint density at radius 3 is 2.67 bits per heavy atom. The average molecular weight is 444 g/mol. The second kappa shape index (κ2) is 8.55. The predicted octanol–water partition coefficient (Wildman–Crippen LogP) is 3.90. The Bertz CT molecular complexity index is 1150. The summed E-state index contributed by atoms with van der Waals surface area (Å²) in [5.41, 5.74) is 1.56. The van der Waals surface area contributed by atoms with Gasteiger partial charge in [0.15, 0.2) is 0 Å². The van der Waals surface area contributed by atoms with E-state index in [0.29, 0.717) is 17.3 Å². The summed E-state index contributed by atoms with van der Waals surface area (Å²) in [5.74, 6) is 0.384.